The van der Waals surface area contributed by atoms with E-state index >= 15 is 0 Å². The van der Waals surface area contributed by atoms with Crippen LogP contribution in [0.5, 0.6) is 0 Å². The van der Waals surface area contributed by atoms with Crippen LogP contribution in [-0.2, 0) is 6.42 Å². The van der Waals surface area contributed by atoms with Gasteiger partial charge in [0.15, 0.2) is 0 Å². The van der Waals surface area contributed by atoms with E-state index in [1.807, 2.05) is 26.0 Å². The van der Waals surface area contributed by atoms with Gasteiger partial charge in [-0.25, -0.2) is 4.98 Å². The van der Waals surface area contributed by atoms with Crippen molar-refractivity contribution in [1.82, 2.24) is 15.3 Å². The molecule has 0 saturated heterocycles. The molecule has 0 radical (unpaired) electrons. The molecule has 108 valence electrons. The van der Waals surface area contributed by atoms with Gasteiger partial charge in [0.2, 0.25) is 0 Å². The van der Waals surface area contributed by atoms with Crippen molar-refractivity contribution in [2.24, 2.45) is 0 Å². The molecule has 0 fully saturated rings. The lowest BCUT2D eigenvalue weighted by atomic mass is 10.1. The van der Waals surface area contributed by atoms with Crippen LogP contribution in [0.3, 0.4) is 0 Å². The highest BCUT2D eigenvalue weighted by Gasteiger charge is 2.14. The van der Waals surface area contributed by atoms with E-state index < -0.39 is 0 Å². The molecule has 6 heteroatoms. The summed E-state index contributed by atoms with van der Waals surface area (Å²) in [4.78, 5) is 20.3. The molecule has 1 atom stereocenters. The molecule has 2 heterocycles. The number of nitrogens with zero attached hydrogens (tertiary/aromatic N) is 1. The van der Waals surface area contributed by atoms with Crippen molar-refractivity contribution in [3.8, 4) is 0 Å². The van der Waals surface area contributed by atoms with Crippen molar-refractivity contribution in [3.63, 3.8) is 0 Å². The van der Waals surface area contributed by atoms with Crippen LogP contribution < -0.4 is 10.9 Å². The van der Waals surface area contributed by atoms with Crippen molar-refractivity contribution >= 4 is 22.9 Å². The van der Waals surface area contributed by atoms with Crippen molar-refractivity contribution in [1.29, 1.82) is 0 Å². The Hall–Kier alpha value is -1.17. The summed E-state index contributed by atoms with van der Waals surface area (Å²) in [6, 6.07) is 3.91. The predicted molar refractivity (Wildman–Crippen MR) is 83.8 cm³/mol. The summed E-state index contributed by atoms with van der Waals surface area (Å²) in [7, 11) is 0. The maximum Gasteiger partial charge on any atom is 0.255 e. The van der Waals surface area contributed by atoms with Gasteiger partial charge in [0.05, 0.1) is 9.90 Å². The van der Waals surface area contributed by atoms with E-state index in [2.05, 4.69) is 15.3 Å². The maximum absolute atomic E-state index is 12.0. The van der Waals surface area contributed by atoms with Gasteiger partial charge in [0, 0.05) is 23.2 Å². The molecule has 2 N–H and O–H groups in total. The van der Waals surface area contributed by atoms with Crippen molar-refractivity contribution in [3.05, 3.63) is 48.8 Å². The van der Waals surface area contributed by atoms with Gasteiger partial charge in [-0.05, 0) is 39.3 Å². The number of aryl methyl sites for hydroxylation is 2. The van der Waals surface area contributed by atoms with E-state index in [1.54, 1.807) is 18.3 Å². The molecule has 2 rings (SSSR count). The van der Waals surface area contributed by atoms with E-state index in [-0.39, 0.29) is 11.6 Å². The number of H-pyrrole nitrogens is 1. The van der Waals surface area contributed by atoms with Crippen LogP contribution in [0.25, 0.3) is 0 Å². The van der Waals surface area contributed by atoms with Crippen LogP contribution in [-0.4, -0.2) is 16.5 Å². The summed E-state index contributed by atoms with van der Waals surface area (Å²) in [5, 5.41) is 3.36. The molecule has 2 aromatic heterocycles. The van der Waals surface area contributed by atoms with Crippen LogP contribution in [0.15, 0.2) is 16.9 Å². The molecule has 0 bridgehead atoms. The van der Waals surface area contributed by atoms with Gasteiger partial charge in [-0.3, -0.25) is 4.79 Å². The van der Waals surface area contributed by atoms with Crippen LogP contribution in [0.1, 0.15) is 34.9 Å². The van der Waals surface area contributed by atoms with Crippen molar-refractivity contribution < 1.29 is 0 Å². The van der Waals surface area contributed by atoms with Gasteiger partial charge in [0.1, 0.15) is 5.82 Å². The lowest BCUT2D eigenvalue weighted by Gasteiger charge is -2.15. The normalized spacial score (nSPS) is 12.6. The van der Waals surface area contributed by atoms with Gasteiger partial charge in [-0.1, -0.05) is 11.6 Å². The zero-order valence-electron chi connectivity index (χ0n) is 11.8. The number of rotatable bonds is 5. The molecule has 4 nitrogen and oxygen atoms in total. The fourth-order valence-electron chi connectivity index (χ4n) is 2.25. The molecule has 2 aromatic rings. The monoisotopic (exact) mass is 311 g/mol. The lowest BCUT2D eigenvalue weighted by molar-refractivity contribution is 0.566. The minimum atomic E-state index is -0.0610. The SMILES string of the molecule is Cc1nc(C)c(C(C)NCCc2ccc(Cl)s2)c(=O)[nH]1. The number of hydrogen-bond donors (Lipinski definition) is 2. The second-order valence-corrected chi connectivity index (χ2v) is 6.58. The Bertz CT molecular complexity index is 650. The number of halogens is 1. The number of hydrogen-bond acceptors (Lipinski definition) is 4. The van der Waals surface area contributed by atoms with E-state index in [0.29, 0.717) is 11.4 Å². The molecule has 20 heavy (non-hydrogen) atoms. The molecule has 0 aliphatic heterocycles. The first kappa shape index (κ1) is 15.2. The first-order valence-electron chi connectivity index (χ1n) is 6.52. The topological polar surface area (TPSA) is 57.8 Å². The van der Waals surface area contributed by atoms with Crippen molar-refractivity contribution in [2.45, 2.75) is 33.2 Å². The molecular weight excluding hydrogens is 294 g/mol. The average Bonchev–Trinajstić information content (AvgIpc) is 2.73. The highest BCUT2D eigenvalue weighted by atomic mass is 35.5. The smallest absolute Gasteiger partial charge is 0.255 e. The second-order valence-electron chi connectivity index (χ2n) is 4.78. The zero-order chi connectivity index (χ0) is 14.7. The molecule has 0 spiro atoms. The third-order valence-electron chi connectivity index (χ3n) is 3.15. The first-order valence-corrected chi connectivity index (χ1v) is 7.72. The number of thiophene rings is 1. The van der Waals surface area contributed by atoms with Crippen LogP contribution in [0, 0.1) is 13.8 Å². The Morgan fingerprint density at radius 3 is 2.80 bits per heavy atom. The molecule has 0 amide bonds. The lowest BCUT2D eigenvalue weighted by Crippen LogP contribution is -2.29. The van der Waals surface area contributed by atoms with E-state index in [4.69, 9.17) is 11.6 Å². The molecule has 0 saturated carbocycles. The number of aromatic amines is 1. The third kappa shape index (κ3) is 3.69. The van der Waals surface area contributed by atoms with Gasteiger partial charge in [-0.2, -0.15) is 0 Å². The Morgan fingerprint density at radius 1 is 1.45 bits per heavy atom. The second kappa shape index (κ2) is 6.52. The molecule has 0 aliphatic rings. The molecule has 1 unspecified atom stereocenters. The zero-order valence-corrected chi connectivity index (χ0v) is 13.4. The molecular formula is C14H18ClN3OS. The van der Waals surface area contributed by atoms with Gasteiger partial charge in [-0.15, -0.1) is 11.3 Å². The highest BCUT2D eigenvalue weighted by Crippen LogP contribution is 2.21. The Labute approximate surface area is 127 Å². The highest BCUT2D eigenvalue weighted by molar-refractivity contribution is 7.16. The van der Waals surface area contributed by atoms with Gasteiger partial charge in [0.25, 0.3) is 5.56 Å². The average molecular weight is 312 g/mol. The standard InChI is InChI=1S/C14H18ClN3OS/c1-8(13-9(2)17-10(3)18-14(13)19)16-7-6-11-4-5-12(15)20-11/h4-5,8,16H,6-7H2,1-3H3,(H,17,18,19). The van der Waals surface area contributed by atoms with Gasteiger partial charge < -0.3 is 10.3 Å². The fourth-order valence-corrected chi connectivity index (χ4v) is 3.33. The fraction of sp³-hybridized carbons (Fsp3) is 0.429. The quantitative estimate of drug-likeness (QED) is 0.892. The first-order chi connectivity index (χ1) is 9.47. The number of nitrogens with one attached hydrogen (secondary N) is 2. The van der Waals surface area contributed by atoms with Crippen molar-refractivity contribution in [2.75, 3.05) is 6.54 Å². The Kier molecular flexibility index (Phi) is 4.96. The minimum absolute atomic E-state index is 0.0257. The van der Waals surface area contributed by atoms with E-state index in [9.17, 15) is 4.79 Å². The summed E-state index contributed by atoms with van der Waals surface area (Å²) >= 11 is 7.49. The van der Waals surface area contributed by atoms with Crippen LogP contribution >= 0.6 is 22.9 Å². The van der Waals surface area contributed by atoms with Crippen LogP contribution in [0.2, 0.25) is 4.34 Å². The summed E-state index contributed by atoms with van der Waals surface area (Å²) in [6.07, 6.45) is 0.901. The summed E-state index contributed by atoms with van der Waals surface area (Å²) in [5.41, 5.74) is 1.43. The van der Waals surface area contributed by atoms with Crippen LogP contribution in [0.4, 0.5) is 0 Å². The predicted octanol–water partition coefficient (Wildman–Crippen LogP) is 2.99. The summed E-state index contributed by atoms with van der Waals surface area (Å²) < 4.78 is 0.808. The molecule has 0 aromatic carbocycles. The molecule has 0 aliphatic carbocycles. The minimum Gasteiger partial charge on any atom is -0.310 e. The Balaban J connectivity index is 1.98. The largest absolute Gasteiger partial charge is 0.310 e. The third-order valence-corrected chi connectivity index (χ3v) is 4.44. The maximum atomic E-state index is 12.0. The van der Waals surface area contributed by atoms with E-state index in [1.165, 1.54) is 4.88 Å². The Morgan fingerprint density at radius 2 is 2.20 bits per heavy atom. The van der Waals surface area contributed by atoms with Gasteiger partial charge >= 0.3 is 0 Å². The van der Waals surface area contributed by atoms with E-state index in [0.717, 1.165) is 23.0 Å². The number of aromatic nitrogens is 2. The summed E-state index contributed by atoms with van der Waals surface area (Å²) in [5.74, 6) is 0.650. The summed E-state index contributed by atoms with van der Waals surface area (Å²) in [6.45, 7) is 6.44.